The minimum Gasteiger partial charge on any atom is -0.493 e. The van der Waals surface area contributed by atoms with Crippen LogP contribution >= 0.6 is 0 Å². The normalized spacial score (nSPS) is 17.0. The van der Waals surface area contributed by atoms with Crippen molar-refractivity contribution in [3.05, 3.63) is 84.1 Å². The van der Waals surface area contributed by atoms with Crippen LogP contribution in [0.3, 0.4) is 0 Å². The molecular formula is C31H29F2N3O5. The number of carbonyl (C=O) groups excluding carboxylic acids is 2. The molecule has 41 heavy (non-hydrogen) atoms. The van der Waals surface area contributed by atoms with Gasteiger partial charge in [-0.15, -0.1) is 0 Å². The quantitative estimate of drug-likeness (QED) is 0.266. The summed E-state index contributed by atoms with van der Waals surface area (Å²) in [5, 5.41) is 6.13. The Morgan fingerprint density at radius 1 is 0.854 bits per heavy atom. The van der Waals surface area contributed by atoms with Crippen molar-refractivity contribution in [3.8, 4) is 23.0 Å². The van der Waals surface area contributed by atoms with Gasteiger partial charge in [-0.1, -0.05) is 26.0 Å². The van der Waals surface area contributed by atoms with Crippen LogP contribution in [0.5, 0.6) is 23.0 Å². The van der Waals surface area contributed by atoms with Crippen LogP contribution in [-0.4, -0.2) is 31.0 Å². The molecule has 8 nitrogen and oxygen atoms in total. The van der Waals surface area contributed by atoms with Crippen LogP contribution in [0.15, 0.2) is 66.9 Å². The number of nitrogens with zero attached hydrogens (tertiary/aromatic N) is 1. The molecule has 0 bridgehead atoms. The molecule has 4 aromatic rings. The number of rotatable bonds is 9. The Balaban J connectivity index is 1.25. The molecule has 1 saturated carbocycles. The van der Waals surface area contributed by atoms with E-state index in [1.54, 1.807) is 36.5 Å². The first-order chi connectivity index (χ1) is 19.6. The van der Waals surface area contributed by atoms with E-state index in [0.29, 0.717) is 28.2 Å². The highest BCUT2D eigenvalue weighted by molar-refractivity contribution is 6.01. The molecule has 2 unspecified atom stereocenters. The minimum atomic E-state index is -0.683. The summed E-state index contributed by atoms with van der Waals surface area (Å²) >= 11 is 0. The highest BCUT2D eigenvalue weighted by Crippen LogP contribution is 2.58. The number of hydrogen-bond acceptors (Lipinski definition) is 6. The zero-order valence-electron chi connectivity index (χ0n) is 23.0. The summed E-state index contributed by atoms with van der Waals surface area (Å²) in [6.45, 7) is 3.89. The van der Waals surface area contributed by atoms with E-state index in [9.17, 15) is 14.0 Å². The van der Waals surface area contributed by atoms with Crippen molar-refractivity contribution in [2.24, 2.45) is 17.3 Å². The molecule has 5 rings (SSSR count). The molecule has 1 aliphatic carbocycles. The Morgan fingerprint density at radius 3 is 2.22 bits per heavy atom. The molecule has 0 spiro atoms. The fraction of sp³-hybridized carbons (Fsp3) is 0.258. The fourth-order valence-electron chi connectivity index (χ4n) is 5.05. The molecule has 0 radical (unpaired) electrons. The summed E-state index contributed by atoms with van der Waals surface area (Å²) in [7, 11) is 3.04. The molecule has 2 atom stereocenters. The van der Waals surface area contributed by atoms with Crippen LogP contribution in [0.2, 0.25) is 0 Å². The molecule has 1 aliphatic rings. The zero-order chi connectivity index (χ0) is 29.3. The molecular weight excluding hydrogens is 532 g/mol. The Morgan fingerprint density at radius 2 is 1.54 bits per heavy atom. The predicted molar refractivity (Wildman–Crippen MR) is 149 cm³/mol. The van der Waals surface area contributed by atoms with Gasteiger partial charge in [0.25, 0.3) is 0 Å². The first-order valence-corrected chi connectivity index (χ1v) is 12.9. The molecule has 212 valence electrons. The molecule has 0 aliphatic heterocycles. The monoisotopic (exact) mass is 561 g/mol. The lowest BCUT2D eigenvalue weighted by Gasteiger charge is -2.13. The van der Waals surface area contributed by atoms with Gasteiger partial charge >= 0.3 is 0 Å². The van der Waals surface area contributed by atoms with Gasteiger partial charge in [-0.2, -0.15) is 0 Å². The third-order valence-electron chi connectivity index (χ3n) is 7.40. The number of hydrogen-bond donors (Lipinski definition) is 2. The van der Waals surface area contributed by atoms with Crippen LogP contribution in [0.4, 0.5) is 14.5 Å². The van der Waals surface area contributed by atoms with Crippen LogP contribution in [0, 0.1) is 28.9 Å². The highest BCUT2D eigenvalue weighted by atomic mass is 19.1. The van der Waals surface area contributed by atoms with E-state index >= 15 is 4.39 Å². The van der Waals surface area contributed by atoms with E-state index in [2.05, 4.69) is 15.6 Å². The summed E-state index contributed by atoms with van der Waals surface area (Å²) < 4.78 is 44.8. The van der Waals surface area contributed by atoms with Crippen LogP contribution in [0.1, 0.15) is 19.4 Å². The number of carbonyl (C=O) groups is 2. The maximum Gasteiger partial charge on any atom is 0.228 e. The lowest BCUT2D eigenvalue weighted by atomic mass is 10.1. The minimum absolute atomic E-state index is 0.0462. The third kappa shape index (κ3) is 5.63. The van der Waals surface area contributed by atoms with Crippen LogP contribution in [-0.2, 0) is 16.1 Å². The maximum absolute atomic E-state index is 15.1. The van der Waals surface area contributed by atoms with E-state index in [0.717, 1.165) is 5.56 Å². The van der Waals surface area contributed by atoms with Gasteiger partial charge in [-0.05, 0) is 47.4 Å². The average Bonchev–Trinajstić information content (AvgIpc) is 3.55. The van der Waals surface area contributed by atoms with Gasteiger partial charge in [-0.25, -0.2) is 8.78 Å². The molecule has 2 amide bonds. The summed E-state index contributed by atoms with van der Waals surface area (Å²) in [4.78, 5) is 30.2. The summed E-state index contributed by atoms with van der Waals surface area (Å²) in [6, 6.07) is 14.9. The number of pyridine rings is 1. The van der Waals surface area contributed by atoms with Gasteiger partial charge in [-0.3, -0.25) is 14.6 Å². The molecule has 3 aromatic carbocycles. The molecule has 1 aromatic heterocycles. The molecule has 10 heteroatoms. The number of anilines is 1. The summed E-state index contributed by atoms with van der Waals surface area (Å²) in [5.74, 6) is -1.55. The number of ether oxygens (including phenoxy) is 3. The number of nitrogens with one attached hydrogen (secondary N) is 2. The Bertz CT molecular complexity index is 1620. The number of amides is 2. The topological polar surface area (TPSA) is 98.8 Å². The number of methoxy groups -OCH3 is 2. The van der Waals surface area contributed by atoms with Gasteiger partial charge in [0, 0.05) is 35.9 Å². The van der Waals surface area contributed by atoms with Crippen molar-refractivity contribution < 1.29 is 32.6 Å². The van der Waals surface area contributed by atoms with Gasteiger partial charge in [0.2, 0.25) is 11.8 Å². The lowest BCUT2D eigenvalue weighted by Crippen LogP contribution is -2.27. The van der Waals surface area contributed by atoms with Gasteiger partial charge in [0.05, 0.1) is 31.6 Å². The van der Waals surface area contributed by atoms with E-state index in [-0.39, 0.29) is 35.6 Å². The second-order valence-corrected chi connectivity index (χ2v) is 10.4. The first kappa shape index (κ1) is 27.8. The Kier molecular flexibility index (Phi) is 7.49. The van der Waals surface area contributed by atoms with Crippen molar-refractivity contribution in [2.45, 2.75) is 20.4 Å². The van der Waals surface area contributed by atoms with Gasteiger partial charge in [0.15, 0.2) is 23.1 Å². The average molecular weight is 562 g/mol. The SMILES string of the molecule is COc1cc2nccc(Oc3ccc(NC(=O)C4C(C(=O)NCc5ccc(F)cc5)C4(C)C)cc3F)c2cc1OC. The molecule has 2 N–H and O–H groups in total. The Labute approximate surface area is 235 Å². The van der Waals surface area contributed by atoms with Crippen molar-refractivity contribution in [1.29, 1.82) is 0 Å². The number of fused-ring (bicyclic) bond motifs is 1. The summed E-state index contributed by atoms with van der Waals surface area (Å²) in [6.07, 6.45) is 1.54. The van der Waals surface area contributed by atoms with Crippen molar-refractivity contribution in [1.82, 2.24) is 10.3 Å². The lowest BCUT2D eigenvalue weighted by molar-refractivity contribution is -0.125. The first-order valence-electron chi connectivity index (χ1n) is 12.9. The predicted octanol–water partition coefficient (Wildman–Crippen LogP) is 5.85. The number of benzene rings is 3. The van der Waals surface area contributed by atoms with Crippen LogP contribution in [0.25, 0.3) is 10.9 Å². The van der Waals surface area contributed by atoms with E-state index in [1.807, 2.05) is 13.8 Å². The molecule has 1 heterocycles. The van der Waals surface area contributed by atoms with Gasteiger partial charge < -0.3 is 24.8 Å². The molecule has 1 fully saturated rings. The summed E-state index contributed by atoms with van der Waals surface area (Å²) in [5.41, 5.74) is 0.979. The van der Waals surface area contributed by atoms with Crippen molar-refractivity contribution in [2.75, 3.05) is 19.5 Å². The Hall–Kier alpha value is -4.73. The largest absolute Gasteiger partial charge is 0.493 e. The van der Waals surface area contributed by atoms with Crippen LogP contribution < -0.4 is 24.8 Å². The smallest absolute Gasteiger partial charge is 0.228 e. The fourth-order valence-corrected chi connectivity index (χ4v) is 5.05. The van der Waals surface area contributed by atoms with Crippen molar-refractivity contribution in [3.63, 3.8) is 0 Å². The highest BCUT2D eigenvalue weighted by Gasteiger charge is 2.65. The zero-order valence-corrected chi connectivity index (χ0v) is 23.0. The standard InChI is InChI=1S/C31H29F2N3O5/c1-31(2)27(29(37)35-16-17-5-7-18(32)8-6-17)28(31)30(38)36-19-9-10-24(21(33)13-19)41-23-11-12-34-22-15-26(40-4)25(39-3)14-20(22)23/h5-15,27-28H,16H2,1-4H3,(H,35,37)(H,36,38). The van der Waals surface area contributed by atoms with E-state index in [4.69, 9.17) is 14.2 Å². The maximum atomic E-state index is 15.1. The number of halogens is 2. The third-order valence-corrected chi connectivity index (χ3v) is 7.40. The second-order valence-electron chi connectivity index (χ2n) is 10.4. The van der Waals surface area contributed by atoms with Gasteiger partial charge in [0.1, 0.15) is 11.6 Å². The molecule has 0 saturated heterocycles. The second kappa shape index (κ2) is 11.0. The number of aromatic nitrogens is 1. The van der Waals surface area contributed by atoms with Crippen molar-refractivity contribution >= 4 is 28.4 Å². The van der Waals surface area contributed by atoms with E-state index < -0.39 is 23.1 Å². The van der Waals surface area contributed by atoms with E-state index in [1.165, 1.54) is 44.6 Å².